The first-order chi connectivity index (χ1) is 12.6. The SMILES string of the molecule is CN=C(NCc1ccc(OCCOC)cc1)N(C)Cc1cccc(F)c1.I. The Balaban J connectivity index is 0.00000364. The molecule has 0 saturated carbocycles. The molecule has 0 heterocycles. The predicted molar refractivity (Wildman–Crippen MR) is 117 cm³/mol. The number of nitrogens with zero attached hydrogens (tertiary/aromatic N) is 2. The molecule has 7 heteroatoms. The van der Waals surface area contributed by atoms with Crippen LogP contribution in [-0.2, 0) is 17.8 Å². The molecule has 0 atom stereocenters. The summed E-state index contributed by atoms with van der Waals surface area (Å²) in [4.78, 5) is 6.24. The van der Waals surface area contributed by atoms with Gasteiger partial charge in [0.1, 0.15) is 18.2 Å². The molecular formula is C20H27FIN3O2. The number of hydrogen-bond acceptors (Lipinski definition) is 3. The zero-order chi connectivity index (χ0) is 18.8. The third kappa shape index (κ3) is 8.13. The number of nitrogens with one attached hydrogen (secondary N) is 1. The Hall–Kier alpha value is -1.87. The number of hydrogen-bond donors (Lipinski definition) is 1. The van der Waals surface area contributed by atoms with E-state index in [-0.39, 0.29) is 29.8 Å². The van der Waals surface area contributed by atoms with Gasteiger partial charge in [0, 0.05) is 34.3 Å². The zero-order valence-electron chi connectivity index (χ0n) is 15.9. The Morgan fingerprint density at radius 3 is 2.48 bits per heavy atom. The summed E-state index contributed by atoms with van der Waals surface area (Å²) < 4.78 is 23.8. The number of halogens is 2. The molecule has 27 heavy (non-hydrogen) atoms. The molecule has 0 saturated heterocycles. The van der Waals surface area contributed by atoms with E-state index >= 15 is 0 Å². The summed E-state index contributed by atoms with van der Waals surface area (Å²) in [5, 5.41) is 3.31. The number of benzene rings is 2. The van der Waals surface area contributed by atoms with Gasteiger partial charge in [-0.2, -0.15) is 0 Å². The highest BCUT2D eigenvalue weighted by atomic mass is 127. The van der Waals surface area contributed by atoms with Crippen molar-refractivity contribution in [2.24, 2.45) is 4.99 Å². The van der Waals surface area contributed by atoms with E-state index in [1.807, 2.05) is 42.3 Å². The van der Waals surface area contributed by atoms with Gasteiger partial charge in [-0.25, -0.2) is 4.39 Å². The van der Waals surface area contributed by atoms with Gasteiger partial charge in [0.05, 0.1) is 6.61 Å². The van der Waals surface area contributed by atoms with Crippen LogP contribution in [0.1, 0.15) is 11.1 Å². The minimum Gasteiger partial charge on any atom is -0.491 e. The van der Waals surface area contributed by atoms with Gasteiger partial charge in [0.15, 0.2) is 5.96 Å². The number of rotatable bonds is 8. The molecule has 0 bridgehead atoms. The normalized spacial score (nSPS) is 10.9. The van der Waals surface area contributed by atoms with Gasteiger partial charge in [-0.1, -0.05) is 24.3 Å². The molecule has 2 aromatic rings. The van der Waals surface area contributed by atoms with E-state index in [1.165, 1.54) is 12.1 Å². The van der Waals surface area contributed by atoms with Gasteiger partial charge < -0.3 is 19.7 Å². The molecule has 0 aromatic heterocycles. The molecule has 5 nitrogen and oxygen atoms in total. The summed E-state index contributed by atoms with van der Waals surface area (Å²) >= 11 is 0. The fourth-order valence-corrected chi connectivity index (χ4v) is 2.50. The summed E-state index contributed by atoms with van der Waals surface area (Å²) in [5.41, 5.74) is 2.01. The summed E-state index contributed by atoms with van der Waals surface area (Å²) in [6.07, 6.45) is 0. The predicted octanol–water partition coefficient (Wildman–Crippen LogP) is 3.68. The highest BCUT2D eigenvalue weighted by Gasteiger charge is 2.07. The quantitative estimate of drug-likeness (QED) is 0.267. The topological polar surface area (TPSA) is 46.1 Å². The fourth-order valence-electron chi connectivity index (χ4n) is 2.50. The Labute approximate surface area is 177 Å². The molecule has 0 aliphatic heterocycles. The highest BCUT2D eigenvalue weighted by molar-refractivity contribution is 14.0. The summed E-state index contributed by atoms with van der Waals surface area (Å²) in [5.74, 6) is 1.33. The third-order valence-electron chi connectivity index (χ3n) is 3.81. The van der Waals surface area contributed by atoms with Gasteiger partial charge in [-0.3, -0.25) is 4.99 Å². The van der Waals surface area contributed by atoms with E-state index in [2.05, 4.69) is 10.3 Å². The molecule has 2 aromatic carbocycles. The van der Waals surface area contributed by atoms with Crippen molar-refractivity contribution >= 4 is 29.9 Å². The van der Waals surface area contributed by atoms with Crippen LogP contribution in [0.3, 0.4) is 0 Å². The smallest absolute Gasteiger partial charge is 0.193 e. The van der Waals surface area contributed by atoms with Gasteiger partial charge in [-0.05, 0) is 35.4 Å². The lowest BCUT2D eigenvalue weighted by Gasteiger charge is -2.22. The van der Waals surface area contributed by atoms with E-state index in [1.54, 1.807) is 20.2 Å². The lowest BCUT2D eigenvalue weighted by Crippen LogP contribution is -2.38. The maximum atomic E-state index is 13.3. The van der Waals surface area contributed by atoms with Gasteiger partial charge >= 0.3 is 0 Å². The second kappa shape index (κ2) is 12.5. The van der Waals surface area contributed by atoms with Crippen molar-refractivity contribution in [1.29, 1.82) is 0 Å². The Kier molecular flexibility index (Phi) is 10.7. The number of methoxy groups -OCH3 is 1. The first-order valence-electron chi connectivity index (χ1n) is 8.49. The van der Waals surface area contributed by atoms with Crippen LogP contribution in [0.5, 0.6) is 5.75 Å². The first kappa shape index (κ1) is 23.2. The van der Waals surface area contributed by atoms with E-state index < -0.39 is 0 Å². The van der Waals surface area contributed by atoms with Crippen LogP contribution < -0.4 is 10.1 Å². The average molecular weight is 487 g/mol. The Morgan fingerprint density at radius 1 is 1.11 bits per heavy atom. The van der Waals surface area contributed by atoms with Crippen molar-refractivity contribution in [1.82, 2.24) is 10.2 Å². The minimum absolute atomic E-state index is 0. The Bertz CT molecular complexity index is 711. The largest absolute Gasteiger partial charge is 0.491 e. The molecule has 0 unspecified atom stereocenters. The molecule has 148 valence electrons. The van der Waals surface area contributed by atoms with Crippen molar-refractivity contribution in [3.63, 3.8) is 0 Å². The van der Waals surface area contributed by atoms with Gasteiger partial charge in [-0.15, -0.1) is 24.0 Å². The molecular weight excluding hydrogens is 460 g/mol. The van der Waals surface area contributed by atoms with E-state index in [4.69, 9.17) is 9.47 Å². The van der Waals surface area contributed by atoms with Crippen molar-refractivity contribution in [2.75, 3.05) is 34.4 Å². The molecule has 2 rings (SSSR count). The Morgan fingerprint density at radius 2 is 1.85 bits per heavy atom. The molecule has 0 aliphatic carbocycles. The first-order valence-corrected chi connectivity index (χ1v) is 8.49. The summed E-state index contributed by atoms with van der Waals surface area (Å²) in [7, 11) is 5.31. The van der Waals surface area contributed by atoms with Gasteiger partial charge in [0.2, 0.25) is 0 Å². The standard InChI is InChI=1S/C20H26FN3O2.HI/c1-22-20(24(2)15-17-5-4-6-18(21)13-17)23-14-16-7-9-19(10-8-16)26-12-11-25-3;/h4-10,13H,11-12,14-15H2,1-3H3,(H,22,23);1H. The maximum Gasteiger partial charge on any atom is 0.193 e. The second-order valence-corrected chi connectivity index (χ2v) is 5.87. The van der Waals surface area contributed by atoms with Crippen molar-refractivity contribution < 1.29 is 13.9 Å². The molecule has 0 amide bonds. The minimum atomic E-state index is -0.230. The molecule has 0 aliphatic rings. The third-order valence-corrected chi connectivity index (χ3v) is 3.81. The van der Waals surface area contributed by atoms with Crippen LogP contribution in [-0.4, -0.2) is 45.3 Å². The lowest BCUT2D eigenvalue weighted by atomic mass is 10.2. The zero-order valence-corrected chi connectivity index (χ0v) is 18.3. The molecule has 0 radical (unpaired) electrons. The second-order valence-electron chi connectivity index (χ2n) is 5.87. The van der Waals surface area contributed by atoms with Crippen LogP contribution >= 0.6 is 24.0 Å². The summed E-state index contributed by atoms with van der Waals surface area (Å²) in [6.45, 7) is 2.31. The number of aliphatic imine (C=N–C) groups is 1. The van der Waals surface area contributed by atoms with Crippen LogP contribution in [0, 0.1) is 5.82 Å². The van der Waals surface area contributed by atoms with Crippen molar-refractivity contribution in [3.8, 4) is 5.75 Å². The van der Waals surface area contributed by atoms with Gasteiger partial charge in [0.25, 0.3) is 0 Å². The van der Waals surface area contributed by atoms with Crippen LogP contribution in [0.2, 0.25) is 0 Å². The van der Waals surface area contributed by atoms with E-state index in [0.717, 1.165) is 22.8 Å². The molecule has 0 spiro atoms. The highest BCUT2D eigenvalue weighted by Crippen LogP contribution is 2.12. The van der Waals surface area contributed by atoms with Crippen molar-refractivity contribution in [3.05, 3.63) is 65.5 Å². The molecule has 0 fully saturated rings. The fraction of sp³-hybridized carbons (Fsp3) is 0.350. The molecule has 1 N–H and O–H groups in total. The monoisotopic (exact) mass is 487 g/mol. The lowest BCUT2D eigenvalue weighted by molar-refractivity contribution is 0.146. The number of guanidine groups is 1. The van der Waals surface area contributed by atoms with E-state index in [0.29, 0.717) is 26.3 Å². The average Bonchev–Trinajstić information content (AvgIpc) is 2.63. The summed E-state index contributed by atoms with van der Waals surface area (Å²) in [6, 6.07) is 14.5. The van der Waals surface area contributed by atoms with Crippen LogP contribution in [0.4, 0.5) is 4.39 Å². The maximum absolute atomic E-state index is 13.3. The van der Waals surface area contributed by atoms with Crippen molar-refractivity contribution in [2.45, 2.75) is 13.1 Å². The van der Waals surface area contributed by atoms with E-state index in [9.17, 15) is 4.39 Å². The number of ether oxygens (including phenoxy) is 2. The van der Waals surface area contributed by atoms with Crippen LogP contribution in [0.15, 0.2) is 53.5 Å². The van der Waals surface area contributed by atoms with Crippen LogP contribution in [0.25, 0.3) is 0 Å².